The van der Waals surface area contributed by atoms with E-state index in [0.29, 0.717) is 36.4 Å². The van der Waals surface area contributed by atoms with E-state index in [1.165, 1.54) is 17.4 Å². The summed E-state index contributed by atoms with van der Waals surface area (Å²) >= 11 is 1.36. The van der Waals surface area contributed by atoms with Crippen molar-refractivity contribution in [2.45, 2.75) is 11.7 Å². The van der Waals surface area contributed by atoms with Crippen LogP contribution in [-0.4, -0.2) is 74.2 Å². The van der Waals surface area contributed by atoms with Crippen molar-refractivity contribution in [2.75, 3.05) is 43.4 Å². The van der Waals surface area contributed by atoms with E-state index in [9.17, 15) is 9.90 Å². The van der Waals surface area contributed by atoms with E-state index in [4.69, 9.17) is 0 Å². The molecule has 1 amide bonds. The Bertz CT molecular complexity index is 958. The summed E-state index contributed by atoms with van der Waals surface area (Å²) < 4.78 is 1.85. The number of para-hydroxylation sites is 1. The monoisotopic (exact) mass is 424 g/mol. The molecule has 0 bridgehead atoms. The van der Waals surface area contributed by atoms with Crippen LogP contribution in [0.4, 0.5) is 5.69 Å². The van der Waals surface area contributed by atoms with Gasteiger partial charge in [-0.25, -0.2) is 0 Å². The van der Waals surface area contributed by atoms with Crippen molar-refractivity contribution in [3.63, 3.8) is 0 Å². The number of rotatable bonds is 7. The van der Waals surface area contributed by atoms with Gasteiger partial charge in [-0.15, -0.1) is 10.2 Å². The number of carbonyl (C=O) groups excluding carboxylic acids is 1. The van der Waals surface area contributed by atoms with Gasteiger partial charge >= 0.3 is 0 Å². The number of hydrogen-bond acceptors (Lipinski definition) is 7. The predicted molar refractivity (Wildman–Crippen MR) is 116 cm³/mol. The standard InChI is InChI=1S/C21H24N6O2S/c28-15-14-27-20(17-6-8-22-9-7-17)23-24-21(27)30-16-19(29)26-12-10-25(11-13-26)18-4-2-1-3-5-18/h1-9,28H,10-16H2. The Morgan fingerprint density at radius 2 is 1.73 bits per heavy atom. The molecule has 1 N–H and O–H groups in total. The zero-order valence-electron chi connectivity index (χ0n) is 16.6. The third kappa shape index (κ3) is 4.63. The van der Waals surface area contributed by atoms with Crippen molar-refractivity contribution in [1.82, 2.24) is 24.6 Å². The maximum absolute atomic E-state index is 12.7. The molecule has 0 aliphatic carbocycles. The molecule has 0 unspecified atom stereocenters. The highest BCUT2D eigenvalue weighted by molar-refractivity contribution is 7.99. The summed E-state index contributed by atoms with van der Waals surface area (Å²) in [5.41, 5.74) is 2.07. The van der Waals surface area contributed by atoms with Crippen molar-refractivity contribution >= 4 is 23.4 Å². The minimum Gasteiger partial charge on any atom is -0.395 e. The van der Waals surface area contributed by atoms with Crippen LogP contribution in [0.3, 0.4) is 0 Å². The number of aromatic nitrogens is 4. The molecule has 1 aliphatic rings. The molecule has 8 nitrogen and oxygen atoms in total. The fourth-order valence-corrected chi connectivity index (χ4v) is 4.35. The van der Waals surface area contributed by atoms with Crippen LogP contribution in [0.2, 0.25) is 0 Å². The second-order valence-corrected chi connectivity index (χ2v) is 7.85. The lowest BCUT2D eigenvalue weighted by Crippen LogP contribution is -2.49. The minimum absolute atomic E-state index is 0.0287. The lowest BCUT2D eigenvalue weighted by atomic mass is 10.2. The Morgan fingerprint density at radius 1 is 1.00 bits per heavy atom. The maximum Gasteiger partial charge on any atom is 0.233 e. The minimum atomic E-state index is -0.0287. The van der Waals surface area contributed by atoms with Gasteiger partial charge in [-0.05, 0) is 24.3 Å². The van der Waals surface area contributed by atoms with Gasteiger partial charge in [0.1, 0.15) is 0 Å². The average Bonchev–Trinajstić information content (AvgIpc) is 3.21. The van der Waals surface area contributed by atoms with Gasteiger partial charge in [-0.1, -0.05) is 30.0 Å². The maximum atomic E-state index is 12.7. The van der Waals surface area contributed by atoms with E-state index >= 15 is 0 Å². The molecule has 30 heavy (non-hydrogen) atoms. The largest absolute Gasteiger partial charge is 0.395 e. The molecule has 1 saturated heterocycles. The van der Waals surface area contributed by atoms with Crippen LogP contribution in [-0.2, 0) is 11.3 Å². The molecule has 2 aromatic heterocycles. The van der Waals surface area contributed by atoms with E-state index in [1.54, 1.807) is 12.4 Å². The lowest BCUT2D eigenvalue weighted by molar-refractivity contribution is -0.128. The van der Waals surface area contributed by atoms with Crippen LogP contribution in [0, 0.1) is 0 Å². The first-order chi connectivity index (χ1) is 14.8. The number of piperazine rings is 1. The lowest BCUT2D eigenvalue weighted by Gasteiger charge is -2.36. The van der Waals surface area contributed by atoms with Crippen LogP contribution in [0.5, 0.6) is 0 Å². The summed E-state index contributed by atoms with van der Waals surface area (Å²) in [7, 11) is 0. The normalized spacial score (nSPS) is 14.2. The van der Waals surface area contributed by atoms with Crippen LogP contribution in [0.15, 0.2) is 60.0 Å². The second kappa shape index (κ2) is 9.73. The molecule has 3 aromatic rings. The molecule has 0 radical (unpaired) electrons. The Morgan fingerprint density at radius 3 is 2.43 bits per heavy atom. The van der Waals surface area contributed by atoms with E-state index in [1.807, 2.05) is 39.8 Å². The zero-order chi connectivity index (χ0) is 20.8. The van der Waals surface area contributed by atoms with Gasteiger partial charge in [-0.3, -0.25) is 14.3 Å². The number of pyridine rings is 1. The average molecular weight is 425 g/mol. The van der Waals surface area contributed by atoms with Gasteiger partial charge in [0.15, 0.2) is 11.0 Å². The summed E-state index contributed by atoms with van der Waals surface area (Å²) in [6, 6.07) is 14.0. The van der Waals surface area contributed by atoms with Gasteiger partial charge in [0, 0.05) is 56.4 Å². The van der Waals surface area contributed by atoms with Crippen molar-refractivity contribution in [2.24, 2.45) is 0 Å². The Kier molecular flexibility index (Phi) is 6.60. The van der Waals surface area contributed by atoms with Gasteiger partial charge < -0.3 is 14.9 Å². The third-order valence-electron chi connectivity index (χ3n) is 5.06. The fourth-order valence-electron chi connectivity index (χ4n) is 3.48. The summed E-state index contributed by atoms with van der Waals surface area (Å²) in [6.45, 7) is 3.41. The highest BCUT2D eigenvalue weighted by Gasteiger charge is 2.22. The first-order valence-electron chi connectivity index (χ1n) is 9.91. The SMILES string of the molecule is O=C(CSc1nnc(-c2ccncc2)n1CCO)N1CCN(c2ccccc2)CC1. The van der Waals surface area contributed by atoms with Crippen molar-refractivity contribution in [3.05, 3.63) is 54.9 Å². The highest BCUT2D eigenvalue weighted by atomic mass is 32.2. The molecule has 9 heteroatoms. The van der Waals surface area contributed by atoms with E-state index in [-0.39, 0.29) is 12.5 Å². The predicted octanol–water partition coefficient (Wildman–Crippen LogP) is 1.77. The summed E-state index contributed by atoms with van der Waals surface area (Å²) in [5, 5.41) is 18.6. The Labute approximate surface area is 179 Å². The summed E-state index contributed by atoms with van der Waals surface area (Å²) in [5.74, 6) is 1.06. The number of carbonyl (C=O) groups is 1. The zero-order valence-corrected chi connectivity index (χ0v) is 17.4. The fraction of sp³-hybridized carbons (Fsp3) is 0.333. The van der Waals surface area contributed by atoms with E-state index in [2.05, 4.69) is 32.2 Å². The van der Waals surface area contributed by atoms with Gasteiger partial charge in [0.2, 0.25) is 5.91 Å². The van der Waals surface area contributed by atoms with Crippen LogP contribution < -0.4 is 4.90 Å². The van der Waals surface area contributed by atoms with Crippen molar-refractivity contribution < 1.29 is 9.90 Å². The second-order valence-electron chi connectivity index (χ2n) is 6.91. The topological polar surface area (TPSA) is 87.4 Å². The van der Waals surface area contributed by atoms with Crippen molar-refractivity contribution in [1.29, 1.82) is 0 Å². The molecule has 4 rings (SSSR count). The van der Waals surface area contributed by atoms with Gasteiger partial charge in [0.25, 0.3) is 0 Å². The number of thioether (sulfide) groups is 1. The summed E-state index contributed by atoms with van der Waals surface area (Å²) in [4.78, 5) is 21.0. The number of hydrogen-bond donors (Lipinski definition) is 1. The van der Waals surface area contributed by atoms with Crippen LogP contribution in [0.1, 0.15) is 0 Å². The van der Waals surface area contributed by atoms with Gasteiger partial charge in [0.05, 0.1) is 12.4 Å². The molecule has 156 valence electrons. The van der Waals surface area contributed by atoms with Crippen molar-refractivity contribution in [3.8, 4) is 11.4 Å². The molecule has 1 aliphatic heterocycles. The Balaban J connectivity index is 1.36. The number of aliphatic hydroxyl groups excluding tert-OH is 1. The van der Waals surface area contributed by atoms with E-state index < -0.39 is 0 Å². The highest BCUT2D eigenvalue weighted by Crippen LogP contribution is 2.24. The quantitative estimate of drug-likeness (QED) is 0.579. The van der Waals surface area contributed by atoms with Crippen LogP contribution in [0.25, 0.3) is 11.4 Å². The molecule has 0 atom stereocenters. The molecular formula is C21H24N6O2S. The molecule has 0 saturated carbocycles. The number of nitrogens with zero attached hydrogens (tertiary/aromatic N) is 6. The number of aliphatic hydroxyl groups is 1. The first kappa shape index (κ1) is 20.4. The Hall–Kier alpha value is -2.91. The molecule has 0 spiro atoms. The first-order valence-corrected chi connectivity index (χ1v) is 10.9. The molecule has 1 aromatic carbocycles. The molecular weight excluding hydrogens is 400 g/mol. The molecule has 1 fully saturated rings. The smallest absolute Gasteiger partial charge is 0.233 e. The molecule has 3 heterocycles. The van der Waals surface area contributed by atoms with E-state index in [0.717, 1.165) is 18.7 Å². The van der Waals surface area contributed by atoms with Crippen LogP contribution >= 0.6 is 11.8 Å². The number of amides is 1. The van der Waals surface area contributed by atoms with Gasteiger partial charge in [-0.2, -0.15) is 0 Å². The number of benzene rings is 1. The number of anilines is 1. The third-order valence-corrected chi connectivity index (χ3v) is 6.01. The summed E-state index contributed by atoms with van der Waals surface area (Å²) in [6.07, 6.45) is 3.39.